The number of hydrogen-bond donors (Lipinski definition) is 2. The van der Waals surface area contributed by atoms with Crippen LogP contribution >= 0.6 is 0 Å². The average Bonchev–Trinajstić information content (AvgIpc) is 2.19. The van der Waals surface area contributed by atoms with Gasteiger partial charge in [-0.15, -0.1) is 0 Å². The van der Waals surface area contributed by atoms with Gasteiger partial charge < -0.3 is 11.1 Å². The normalized spacial score (nSPS) is 11.1. The Morgan fingerprint density at radius 2 is 2.36 bits per heavy atom. The molecule has 0 radical (unpaired) electrons. The highest BCUT2D eigenvalue weighted by Crippen LogP contribution is 2.00. The zero-order chi connectivity index (χ0) is 10.6. The zero-order valence-electron chi connectivity index (χ0n) is 8.32. The van der Waals surface area contributed by atoms with Gasteiger partial charge >= 0.3 is 0 Å². The van der Waals surface area contributed by atoms with E-state index in [4.69, 9.17) is 5.73 Å². The van der Waals surface area contributed by atoms with E-state index in [0.717, 1.165) is 0 Å². The number of nitrogens with two attached hydrogens (primary N) is 1. The maximum absolute atomic E-state index is 11.6. The van der Waals surface area contributed by atoms with Crippen molar-refractivity contribution in [3.63, 3.8) is 0 Å². The molecule has 0 fully saturated rings. The van der Waals surface area contributed by atoms with Crippen LogP contribution < -0.4 is 11.1 Å². The summed E-state index contributed by atoms with van der Waals surface area (Å²) in [5.41, 5.74) is 5.42. The largest absolute Gasteiger partial charge is 0.345 e. The molecular weight excluding hydrogens is 180 g/mol. The number of aromatic nitrogens is 2. The van der Waals surface area contributed by atoms with Crippen LogP contribution in [0.5, 0.6) is 0 Å². The van der Waals surface area contributed by atoms with Crippen molar-refractivity contribution < 1.29 is 4.79 Å². The molecule has 0 aliphatic carbocycles. The van der Waals surface area contributed by atoms with Crippen LogP contribution in [0.25, 0.3) is 0 Å². The molecule has 0 aromatic carbocycles. The number of rotatable bonds is 3. The third-order valence-corrected chi connectivity index (χ3v) is 1.78. The predicted octanol–water partition coefficient (Wildman–Crippen LogP) is -0.0563. The van der Waals surface area contributed by atoms with Gasteiger partial charge in [-0.2, -0.15) is 0 Å². The topological polar surface area (TPSA) is 80.9 Å². The highest BCUT2D eigenvalue weighted by Gasteiger charge is 2.19. The van der Waals surface area contributed by atoms with E-state index in [2.05, 4.69) is 15.3 Å². The second kappa shape index (κ2) is 4.15. The molecule has 1 rings (SSSR count). The molecule has 0 saturated carbocycles. The van der Waals surface area contributed by atoms with Gasteiger partial charge in [0, 0.05) is 18.3 Å². The van der Waals surface area contributed by atoms with Crippen LogP contribution in [0.3, 0.4) is 0 Å². The lowest BCUT2D eigenvalue weighted by atomic mass is 10.1. The molecule has 0 aliphatic rings. The van der Waals surface area contributed by atoms with Gasteiger partial charge in [0.2, 0.25) is 0 Å². The molecule has 5 nitrogen and oxygen atoms in total. The molecule has 1 aromatic heterocycles. The minimum atomic E-state index is -0.415. The number of carbonyl (C=O) groups is 1. The molecule has 1 heterocycles. The van der Waals surface area contributed by atoms with E-state index in [1.54, 1.807) is 6.07 Å². The van der Waals surface area contributed by atoms with Gasteiger partial charge in [0.15, 0.2) is 0 Å². The molecule has 1 amide bonds. The molecule has 1 aromatic rings. The quantitative estimate of drug-likeness (QED) is 0.706. The highest BCUT2D eigenvalue weighted by molar-refractivity contribution is 5.92. The molecule has 5 heteroatoms. The molecular formula is C9H14N4O. The van der Waals surface area contributed by atoms with E-state index in [0.29, 0.717) is 12.2 Å². The third-order valence-electron chi connectivity index (χ3n) is 1.78. The van der Waals surface area contributed by atoms with Crippen LogP contribution in [0.1, 0.15) is 24.3 Å². The summed E-state index contributed by atoms with van der Waals surface area (Å²) in [5, 5.41) is 2.77. The van der Waals surface area contributed by atoms with Gasteiger partial charge in [-0.25, -0.2) is 9.97 Å². The second-order valence-corrected chi connectivity index (χ2v) is 3.64. The van der Waals surface area contributed by atoms with Gasteiger partial charge in [-0.05, 0) is 19.9 Å². The van der Waals surface area contributed by atoms with E-state index >= 15 is 0 Å². The monoisotopic (exact) mass is 194 g/mol. The summed E-state index contributed by atoms with van der Waals surface area (Å²) in [6, 6.07) is 1.56. The summed E-state index contributed by atoms with van der Waals surface area (Å²) in [5.74, 6) is -0.233. The standard InChI is InChI=1S/C9H14N4O/c1-9(2,5-10)13-8(14)7-3-4-11-6-12-7/h3-4,6H,5,10H2,1-2H3,(H,13,14). The van der Waals surface area contributed by atoms with Gasteiger partial charge in [-0.1, -0.05) is 0 Å². The minimum Gasteiger partial charge on any atom is -0.345 e. The van der Waals surface area contributed by atoms with Crippen LogP contribution in [-0.4, -0.2) is 28.0 Å². The van der Waals surface area contributed by atoms with Crippen molar-refractivity contribution >= 4 is 5.91 Å². The maximum atomic E-state index is 11.6. The molecule has 0 bridgehead atoms. The fourth-order valence-corrected chi connectivity index (χ4v) is 0.847. The molecule has 14 heavy (non-hydrogen) atoms. The average molecular weight is 194 g/mol. The van der Waals surface area contributed by atoms with Gasteiger partial charge in [-0.3, -0.25) is 4.79 Å². The summed E-state index contributed by atoms with van der Waals surface area (Å²) in [6.07, 6.45) is 2.86. The van der Waals surface area contributed by atoms with Crippen molar-refractivity contribution in [2.24, 2.45) is 5.73 Å². The van der Waals surface area contributed by atoms with E-state index < -0.39 is 5.54 Å². The van der Waals surface area contributed by atoms with Gasteiger partial charge in [0.25, 0.3) is 5.91 Å². The van der Waals surface area contributed by atoms with E-state index in [9.17, 15) is 4.79 Å². The Hall–Kier alpha value is -1.49. The van der Waals surface area contributed by atoms with Gasteiger partial charge in [0.1, 0.15) is 12.0 Å². The first-order chi connectivity index (χ1) is 6.55. The lowest BCUT2D eigenvalue weighted by Crippen LogP contribution is -2.49. The lowest BCUT2D eigenvalue weighted by Gasteiger charge is -2.23. The lowest BCUT2D eigenvalue weighted by molar-refractivity contribution is 0.0910. The fraction of sp³-hybridized carbons (Fsp3) is 0.444. The minimum absolute atomic E-state index is 0.233. The summed E-state index contributed by atoms with van der Waals surface area (Å²) >= 11 is 0. The van der Waals surface area contributed by atoms with Crippen molar-refractivity contribution in [3.05, 3.63) is 24.3 Å². The molecule has 0 aliphatic heterocycles. The zero-order valence-corrected chi connectivity index (χ0v) is 8.32. The Morgan fingerprint density at radius 3 is 2.86 bits per heavy atom. The highest BCUT2D eigenvalue weighted by atomic mass is 16.2. The summed E-state index contributed by atoms with van der Waals surface area (Å²) in [7, 11) is 0. The first-order valence-electron chi connectivity index (χ1n) is 4.34. The number of nitrogens with zero attached hydrogens (tertiary/aromatic N) is 2. The number of carbonyl (C=O) groups excluding carboxylic acids is 1. The van der Waals surface area contributed by atoms with Crippen LogP contribution in [0.15, 0.2) is 18.6 Å². The molecule has 0 spiro atoms. The first-order valence-corrected chi connectivity index (χ1v) is 4.34. The van der Waals surface area contributed by atoms with Crippen LogP contribution in [-0.2, 0) is 0 Å². The second-order valence-electron chi connectivity index (χ2n) is 3.64. The number of nitrogens with one attached hydrogen (secondary N) is 1. The third kappa shape index (κ3) is 2.77. The molecule has 76 valence electrons. The van der Waals surface area contributed by atoms with Crippen molar-refractivity contribution in [1.82, 2.24) is 15.3 Å². The van der Waals surface area contributed by atoms with Crippen LogP contribution in [0.2, 0.25) is 0 Å². The fourth-order valence-electron chi connectivity index (χ4n) is 0.847. The van der Waals surface area contributed by atoms with Gasteiger partial charge in [0.05, 0.1) is 0 Å². The van der Waals surface area contributed by atoms with Crippen molar-refractivity contribution in [3.8, 4) is 0 Å². The van der Waals surface area contributed by atoms with Crippen molar-refractivity contribution in [2.45, 2.75) is 19.4 Å². The predicted molar refractivity (Wildman–Crippen MR) is 52.6 cm³/mol. The Labute approximate surface area is 82.7 Å². The molecule has 0 saturated heterocycles. The SMILES string of the molecule is CC(C)(CN)NC(=O)c1ccncn1. The van der Waals surface area contributed by atoms with Crippen molar-refractivity contribution in [2.75, 3.05) is 6.54 Å². The maximum Gasteiger partial charge on any atom is 0.270 e. The van der Waals surface area contributed by atoms with E-state index in [1.807, 2.05) is 13.8 Å². The van der Waals surface area contributed by atoms with Crippen molar-refractivity contribution in [1.29, 1.82) is 0 Å². The number of amides is 1. The van der Waals surface area contributed by atoms with E-state index in [1.165, 1.54) is 12.5 Å². The smallest absolute Gasteiger partial charge is 0.270 e. The molecule has 0 unspecified atom stereocenters. The Bertz CT molecular complexity index is 310. The molecule has 0 atom stereocenters. The Balaban J connectivity index is 2.69. The summed E-state index contributed by atoms with van der Waals surface area (Å²) < 4.78 is 0. The van der Waals surface area contributed by atoms with Crippen LogP contribution in [0.4, 0.5) is 0 Å². The Morgan fingerprint density at radius 1 is 1.64 bits per heavy atom. The summed E-state index contributed by atoms with van der Waals surface area (Å²) in [6.45, 7) is 4.09. The van der Waals surface area contributed by atoms with Crippen LogP contribution in [0, 0.1) is 0 Å². The Kier molecular flexibility index (Phi) is 3.14. The summed E-state index contributed by atoms with van der Waals surface area (Å²) in [4.78, 5) is 19.1. The first kappa shape index (κ1) is 10.6. The molecule has 3 N–H and O–H groups in total. The van der Waals surface area contributed by atoms with E-state index in [-0.39, 0.29) is 5.91 Å². The number of hydrogen-bond acceptors (Lipinski definition) is 4.